The monoisotopic (exact) mass is 651 g/mol. The first-order valence-corrected chi connectivity index (χ1v) is 19.1. The summed E-state index contributed by atoms with van der Waals surface area (Å²) in [6.07, 6.45) is 9.91. The Morgan fingerprint density at radius 3 is 1.89 bits per heavy atom. The summed E-state index contributed by atoms with van der Waals surface area (Å²) in [5.74, 6) is 3.89. The fourth-order valence-electron chi connectivity index (χ4n) is 7.13. The summed E-state index contributed by atoms with van der Waals surface area (Å²) in [6.45, 7) is 29.5. The SMILES string of the molecule is CC.CC.CC(O)CN1CCC(C(C)C)CC1.CC1CCN(C2(CC#N)COC2)CC1.C[C@@H]1CCCN(C(=O)C2CCOCC2)C1. The summed E-state index contributed by atoms with van der Waals surface area (Å²) >= 11 is 0. The number of aliphatic hydroxyl groups excluding tert-OH is 1. The van der Waals surface area contributed by atoms with E-state index in [0.717, 1.165) is 89.7 Å². The van der Waals surface area contributed by atoms with Gasteiger partial charge < -0.3 is 24.4 Å². The van der Waals surface area contributed by atoms with Gasteiger partial charge in [-0.05, 0) is 108 Å². The van der Waals surface area contributed by atoms with Crippen molar-refractivity contribution < 1.29 is 19.4 Å². The Labute approximate surface area is 284 Å². The zero-order chi connectivity index (χ0) is 34.5. The van der Waals surface area contributed by atoms with Crippen LogP contribution in [-0.2, 0) is 14.3 Å². The minimum atomic E-state index is -0.171. The summed E-state index contributed by atoms with van der Waals surface area (Å²) in [4.78, 5) is 19.1. The highest BCUT2D eigenvalue weighted by atomic mass is 16.5. The van der Waals surface area contributed by atoms with E-state index in [1.165, 1.54) is 51.6 Å². The largest absolute Gasteiger partial charge is 0.392 e. The van der Waals surface area contributed by atoms with Gasteiger partial charge in [0.2, 0.25) is 5.91 Å². The number of hydrogen-bond acceptors (Lipinski definition) is 7. The Morgan fingerprint density at radius 2 is 1.43 bits per heavy atom. The molecular weight excluding hydrogens is 576 g/mol. The van der Waals surface area contributed by atoms with Gasteiger partial charge in [-0.1, -0.05) is 55.4 Å². The van der Waals surface area contributed by atoms with Crippen molar-refractivity contribution in [2.75, 3.05) is 72.2 Å². The number of likely N-dealkylation sites (tertiary alicyclic amines) is 3. The molecule has 0 aromatic rings. The van der Waals surface area contributed by atoms with Crippen LogP contribution in [0.5, 0.6) is 0 Å². The first-order valence-electron chi connectivity index (χ1n) is 19.1. The minimum absolute atomic E-state index is 0.0783. The molecule has 0 spiro atoms. The zero-order valence-electron chi connectivity index (χ0n) is 31.6. The highest BCUT2D eigenvalue weighted by Crippen LogP contribution is 2.32. The number of carbonyl (C=O) groups excluding carboxylic acids is 1. The Hall–Kier alpha value is -1.24. The van der Waals surface area contributed by atoms with E-state index in [1.54, 1.807) is 0 Å². The molecule has 0 aromatic heterocycles. The number of rotatable bonds is 6. The molecular formula is C38H74N4O4. The van der Waals surface area contributed by atoms with Crippen LogP contribution in [-0.4, -0.2) is 110 Å². The summed E-state index contributed by atoms with van der Waals surface area (Å²) in [6, 6.07) is 2.30. The molecule has 0 aliphatic carbocycles. The van der Waals surface area contributed by atoms with Gasteiger partial charge in [-0.25, -0.2) is 0 Å². The lowest BCUT2D eigenvalue weighted by Gasteiger charge is -2.50. The number of aliphatic hydroxyl groups is 1. The van der Waals surface area contributed by atoms with Crippen molar-refractivity contribution >= 4 is 5.91 Å². The Morgan fingerprint density at radius 1 is 0.848 bits per heavy atom. The van der Waals surface area contributed by atoms with Gasteiger partial charge in [0, 0.05) is 38.8 Å². The molecule has 0 radical (unpaired) electrons. The molecule has 1 N–H and O–H groups in total. The van der Waals surface area contributed by atoms with Crippen LogP contribution in [0.25, 0.3) is 0 Å². The van der Waals surface area contributed by atoms with E-state index in [9.17, 15) is 9.90 Å². The van der Waals surface area contributed by atoms with Crippen LogP contribution in [0.3, 0.4) is 0 Å². The van der Waals surface area contributed by atoms with E-state index in [1.807, 2.05) is 34.6 Å². The summed E-state index contributed by atoms with van der Waals surface area (Å²) < 4.78 is 10.6. The summed E-state index contributed by atoms with van der Waals surface area (Å²) in [5.41, 5.74) is 0.0783. The highest BCUT2D eigenvalue weighted by Gasteiger charge is 2.44. The predicted octanol–water partition coefficient (Wildman–Crippen LogP) is 6.86. The van der Waals surface area contributed by atoms with Crippen molar-refractivity contribution in [1.29, 1.82) is 5.26 Å². The minimum Gasteiger partial charge on any atom is -0.392 e. The molecule has 2 atom stereocenters. The molecule has 5 saturated heterocycles. The Bertz CT molecular complexity index is 806. The molecule has 46 heavy (non-hydrogen) atoms. The topological polar surface area (TPSA) is 89.3 Å². The number of carbonyl (C=O) groups is 1. The molecule has 8 heteroatoms. The quantitative estimate of drug-likeness (QED) is 0.336. The van der Waals surface area contributed by atoms with Crippen molar-refractivity contribution in [3.8, 4) is 6.07 Å². The van der Waals surface area contributed by atoms with Gasteiger partial charge in [-0.15, -0.1) is 0 Å². The van der Waals surface area contributed by atoms with Crippen LogP contribution in [0.1, 0.15) is 120 Å². The van der Waals surface area contributed by atoms with Crippen LogP contribution < -0.4 is 0 Å². The second kappa shape index (κ2) is 24.0. The molecule has 0 aromatic carbocycles. The molecule has 1 unspecified atom stereocenters. The molecule has 8 nitrogen and oxygen atoms in total. The van der Waals surface area contributed by atoms with E-state index in [0.29, 0.717) is 18.2 Å². The highest BCUT2D eigenvalue weighted by molar-refractivity contribution is 5.79. The zero-order valence-corrected chi connectivity index (χ0v) is 31.6. The number of ether oxygens (including phenoxy) is 2. The molecule has 0 saturated carbocycles. The first kappa shape index (κ1) is 42.8. The van der Waals surface area contributed by atoms with Gasteiger partial charge in [0.15, 0.2) is 0 Å². The lowest BCUT2D eigenvalue weighted by atomic mass is 9.87. The number of hydrogen-bond donors (Lipinski definition) is 1. The fraction of sp³-hybridized carbons (Fsp3) is 0.947. The van der Waals surface area contributed by atoms with E-state index in [4.69, 9.17) is 14.7 Å². The summed E-state index contributed by atoms with van der Waals surface area (Å²) in [5, 5.41) is 18.1. The van der Waals surface area contributed by atoms with Crippen LogP contribution in [0, 0.1) is 40.9 Å². The average Bonchev–Trinajstić information content (AvgIpc) is 3.06. The number of amides is 1. The number of β-amino-alcohol motifs (C(OH)–C–C–N with tert-alkyl or cyclic N) is 1. The molecule has 5 aliphatic rings. The van der Waals surface area contributed by atoms with Gasteiger partial charge in [0.1, 0.15) is 0 Å². The van der Waals surface area contributed by atoms with E-state index < -0.39 is 0 Å². The van der Waals surface area contributed by atoms with Gasteiger partial charge in [-0.2, -0.15) is 5.26 Å². The first-order chi connectivity index (χ1) is 22.1. The predicted molar refractivity (Wildman–Crippen MR) is 191 cm³/mol. The maximum Gasteiger partial charge on any atom is 0.225 e. The second-order valence-corrected chi connectivity index (χ2v) is 14.4. The van der Waals surface area contributed by atoms with Crippen molar-refractivity contribution in [2.24, 2.45) is 29.6 Å². The third-order valence-corrected chi connectivity index (χ3v) is 10.2. The normalized spacial score (nSPS) is 25.0. The van der Waals surface area contributed by atoms with Gasteiger partial charge in [0.25, 0.3) is 0 Å². The van der Waals surface area contributed by atoms with E-state index in [-0.39, 0.29) is 17.6 Å². The Kier molecular flexibility index (Phi) is 22.3. The molecule has 5 heterocycles. The summed E-state index contributed by atoms with van der Waals surface area (Å²) in [7, 11) is 0. The van der Waals surface area contributed by atoms with E-state index in [2.05, 4.69) is 48.5 Å². The smallest absolute Gasteiger partial charge is 0.225 e. The van der Waals surface area contributed by atoms with Crippen LogP contribution in [0.15, 0.2) is 0 Å². The number of nitrogens with zero attached hydrogens (tertiary/aromatic N) is 4. The van der Waals surface area contributed by atoms with Crippen molar-refractivity contribution in [1.82, 2.24) is 14.7 Å². The van der Waals surface area contributed by atoms with Crippen molar-refractivity contribution in [2.45, 2.75) is 132 Å². The van der Waals surface area contributed by atoms with Crippen molar-refractivity contribution in [3.05, 3.63) is 0 Å². The van der Waals surface area contributed by atoms with Gasteiger partial charge >= 0.3 is 0 Å². The molecule has 5 aliphatic heterocycles. The van der Waals surface area contributed by atoms with Crippen LogP contribution >= 0.6 is 0 Å². The molecule has 1 amide bonds. The third kappa shape index (κ3) is 14.9. The van der Waals surface area contributed by atoms with Crippen molar-refractivity contribution in [3.63, 3.8) is 0 Å². The standard InChI is InChI=1S/C12H21NO2.C11H18N2O.C11H23NO.2C2H6/c1-10-3-2-6-13(9-10)12(14)11-4-7-15-8-5-11;1-10-2-6-13(7-3-10)11(4-5-12)8-14-9-11;1-9(2)11-4-6-12(7-5-11)8-10(3)13;2*1-2/h10-11H,2-9H2,1H3;10H,2-4,6-9H2,1H3;9-11,13H,4-8H2,1-3H3;2*1-2H3/t10-;;;;/m1..../s1. The molecule has 0 bridgehead atoms. The number of piperidine rings is 3. The molecule has 270 valence electrons. The Balaban J connectivity index is 0.000000328. The van der Waals surface area contributed by atoms with Crippen LogP contribution in [0.4, 0.5) is 0 Å². The molecule has 5 fully saturated rings. The number of nitriles is 1. The third-order valence-electron chi connectivity index (χ3n) is 10.2. The fourth-order valence-corrected chi connectivity index (χ4v) is 7.13. The van der Waals surface area contributed by atoms with E-state index >= 15 is 0 Å². The lowest BCUT2D eigenvalue weighted by molar-refractivity contribution is -0.145. The maximum atomic E-state index is 12.2. The van der Waals surface area contributed by atoms with Gasteiger partial charge in [-0.3, -0.25) is 9.69 Å². The second-order valence-electron chi connectivity index (χ2n) is 14.4. The van der Waals surface area contributed by atoms with Gasteiger partial charge in [0.05, 0.1) is 37.3 Å². The average molecular weight is 651 g/mol. The maximum absolute atomic E-state index is 12.2. The van der Waals surface area contributed by atoms with Crippen LogP contribution in [0.2, 0.25) is 0 Å². The molecule has 5 rings (SSSR count). The lowest BCUT2D eigenvalue weighted by Crippen LogP contribution is -2.63.